The van der Waals surface area contributed by atoms with E-state index in [0.717, 1.165) is 89.9 Å². The van der Waals surface area contributed by atoms with E-state index in [4.69, 9.17) is 14.2 Å². The van der Waals surface area contributed by atoms with Crippen molar-refractivity contribution in [3.63, 3.8) is 0 Å². The van der Waals surface area contributed by atoms with Crippen LogP contribution in [0.2, 0.25) is 0 Å². The van der Waals surface area contributed by atoms with Crippen molar-refractivity contribution >= 4 is 17.9 Å². The maximum Gasteiger partial charge on any atom is 0.306 e. The Hall–Kier alpha value is -2.37. The van der Waals surface area contributed by atoms with Crippen LogP contribution in [0.25, 0.3) is 0 Å². The SMILES string of the molecule is CCCC/C=C\CCCCCCC(=O)OCC(COC(=O)CCCCC/C=C\C=C/CCCCCCCCC)OC(=O)CCCCCCCCCCCCCCCCCC. The van der Waals surface area contributed by atoms with Gasteiger partial charge >= 0.3 is 17.9 Å². The molecule has 60 heavy (non-hydrogen) atoms. The molecule has 0 aromatic rings. The van der Waals surface area contributed by atoms with E-state index in [1.807, 2.05) is 0 Å². The second kappa shape index (κ2) is 49.3. The lowest BCUT2D eigenvalue weighted by Gasteiger charge is -2.18. The zero-order valence-corrected chi connectivity index (χ0v) is 40.0. The summed E-state index contributed by atoms with van der Waals surface area (Å²) < 4.78 is 16.7. The van der Waals surface area contributed by atoms with E-state index in [0.29, 0.717) is 19.3 Å². The van der Waals surface area contributed by atoms with E-state index in [-0.39, 0.29) is 31.1 Å². The Morgan fingerprint density at radius 3 is 1.00 bits per heavy atom. The molecule has 0 aliphatic heterocycles. The number of unbranched alkanes of at least 4 members (excludes halogenated alkanes) is 31. The van der Waals surface area contributed by atoms with Crippen molar-refractivity contribution in [2.45, 2.75) is 277 Å². The Bertz CT molecular complexity index is 1020. The molecule has 0 N–H and O–H groups in total. The van der Waals surface area contributed by atoms with E-state index in [1.54, 1.807) is 0 Å². The first-order valence-electron chi connectivity index (χ1n) is 26.0. The van der Waals surface area contributed by atoms with Crippen molar-refractivity contribution < 1.29 is 28.6 Å². The molecule has 0 saturated carbocycles. The molecule has 0 spiro atoms. The summed E-state index contributed by atoms with van der Waals surface area (Å²) in [6, 6.07) is 0. The summed E-state index contributed by atoms with van der Waals surface area (Å²) in [5.41, 5.74) is 0. The molecule has 0 heterocycles. The molecule has 0 saturated heterocycles. The summed E-state index contributed by atoms with van der Waals surface area (Å²) in [5.74, 6) is -0.913. The molecule has 1 unspecified atom stereocenters. The summed E-state index contributed by atoms with van der Waals surface area (Å²) in [4.78, 5) is 37.9. The average Bonchev–Trinajstić information content (AvgIpc) is 3.24. The molecule has 0 rings (SSSR count). The first-order chi connectivity index (χ1) is 29.5. The van der Waals surface area contributed by atoms with Crippen molar-refractivity contribution in [1.29, 1.82) is 0 Å². The summed E-state index contributed by atoms with van der Waals surface area (Å²) in [6.45, 7) is 6.58. The summed E-state index contributed by atoms with van der Waals surface area (Å²) in [6.07, 6.45) is 57.0. The molecular formula is C54H98O6. The molecule has 1 atom stereocenters. The van der Waals surface area contributed by atoms with Gasteiger partial charge in [0, 0.05) is 19.3 Å². The molecule has 0 amide bonds. The van der Waals surface area contributed by atoms with Crippen LogP contribution >= 0.6 is 0 Å². The fourth-order valence-electron chi connectivity index (χ4n) is 7.41. The normalized spacial score (nSPS) is 12.2. The summed E-state index contributed by atoms with van der Waals surface area (Å²) in [7, 11) is 0. The van der Waals surface area contributed by atoms with Gasteiger partial charge in [-0.3, -0.25) is 14.4 Å². The molecule has 6 nitrogen and oxygen atoms in total. The van der Waals surface area contributed by atoms with Crippen LogP contribution in [0.5, 0.6) is 0 Å². The lowest BCUT2D eigenvalue weighted by molar-refractivity contribution is -0.167. The zero-order valence-electron chi connectivity index (χ0n) is 40.0. The molecule has 0 fully saturated rings. The van der Waals surface area contributed by atoms with Crippen molar-refractivity contribution in [3.05, 3.63) is 36.5 Å². The molecule has 6 heteroatoms. The molecule has 0 aliphatic rings. The van der Waals surface area contributed by atoms with Gasteiger partial charge < -0.3 is 14.2 Å². The smallest absolute Gasteiger partial charge is 0.306 e. The van der Waals surface area contributed by atoms with Gasteiger partial charge in [-0.05, 0) is 64.2 Å². The highest BCUT2D eigenvalue weighted by molar-refractivity contribution is 5.71. The number of esters is 3. The van der Waals surface area contributed by atoms with Gasteiger partial charge in [-0.1, -0.05) is 224 Å². The largest absolute Gasteiger partial charge is 0.462 e. The topological polar surface area (TPSA) is 78.9 Å². The first kappa shape index (κ1) is 57.6. The molecular weight excluding hydrogens is 745 g/mol. The Kier molecular flexibility index (Phi) is 47.3. The molecule has 350 valence electrons. The van der Waals surface area contributed by atoms with Crippen LogP contribution in [-0.4, -0.2) is 37.2 Å². The monoisotopic (exact) mass is 843 g/mol. The molecule has 0 aliphatic carbocycles. The third-order valence-corrected chi connectivity index (χ3v) is 11.4. The number of rotatable bonds is 47. The van der Waals surface area contributed by atoms with E-state index in [9.17, 15) is 14.4 Å². The Balaban J connectivity index is 4.36. The van der Waals surface area contributed by atoms with Gasteiger partial charge in [0.25, 0.3) is 0 Å². The fourth-order valence-corrected chi connectivity index (χ4v) is 7.41. The van der Waals surface area contributed by atoms with Gasteiger partial charge in [0.05, 0.1) is 0 Å². The lowest BCUT2D eigenvalue weighted by atomic mass is 10.0. The van der Waals surface area contributed by atoms with Crippen LogP contribution in [0.15, 0.2) is 36.5 Å². The predicted molar refractivity (Wildman–Crippen MR) is 256 cm³/mol. The van der Waals surface area contributed by atoms with Crippen LogP contribution in [0.1, 0.15) is 271 Å². The Morgan fingerprint density at radius 2 is 0.617 bits per heavy atom. The van der Waals surface area contributed by atoms with Gasteiger partial charge in [-0.25, -0.2) is 0 Å². The second-order valence-corrected chi connectivity index (χ2v) is 17.5. The highest BCUT2D eigenvalue weighted by Gasteiger charge is 2.19. The highest BCUT2D eigenvalue weighted by atomic mass is 16.6. The van der Waals surface area contributed by atoms with Crippen LogP contribution in [0, 0.1) is 0 Å². The minimum Gasteiger partial charge on any atom is -0.462 e. The van der Waals surface area contributed by atoms with Crippen LogP contribution in [-0.2, 0) is 28.6 Å². The third-order valence-electron chi connectivity index (χ3n) is 11.4. The van der Waals surface area contributed by atoms with E-state index in [1.165, 1.54) is 141 Å². The van der Waals surface area contributed by atoms with E-state index >= 15 is 0 Å². The first-order valence-corrected chi connectivity index (χ1v) is 26.0. The minimum atomic E-state index is -0.782. The molecule has 0 aromatic carbocycles. The highest BCUT2D eigenvalue weighted by Crippen LogP contribution is 2.15. The number of hydrogen-bond donors (Lipinski definition) is 0. The van der Waals surface area contributed by atoms with Crippen molar-refractivity contribution in [2.75, 3.05) is 13.2 Å². The summed E-state index contributed by atoms with van der Waals surface area (Å²) >= 11 is 0. The van der Waals surface area contributed by atoms with Crippen LogP contribution in [0.4, 0.5) is 0 Å². The number of carbonyl (C=O) groups is 3. The number of allylic oxidation sites excluding steroid dienone is 6. The quantitative estimate of drug-likeness (QED) is 0.0200. The Morgan fingerprint density at radius 1 is 0.333 bits per heavy atom. The standard InChI is InChI=1S/C54H98O6/c1-4-7-10-13-16-19-22-24-26-28-30-32-35-38-41-44-47-53(56)59-50-51(49-58-52(55)46-43-40-37-34-21-18-15-12-9-6-3)60-54(57)48-45-42-39-36-33-31-29-27-25-23-20-17-14-11-8-5-2/h15,18,26,28,30,32,51H,4-14,16-17,19-25,27,29,31,33-50H2,1-3H3/b18-15-,28-26-,32-30-. The van der Waals surface area contributed by atoms with Crippen molar-refractivity contribution in [3.8, 4) is 0 Å². The van der Waals surface area contributed by atoms with Gasteiger partial charge in [0.2, 0.25) is 0 Å². The maximum atomic E-state index is 12.8. The van der Waals surface area contributed by atoms with E-state index in [2.05, 4.69) is 57.2 Å². The van der Waals surface area contributed by atoms with E-state index < -0.39 is 6.10 Å². The Labute approximate surface area is 372 Å². The van der Waals surface area contributed by atoms with Gasteiger partial charge in [-0.2, -0.15) is 0 Å². The average molecular weight is 843 g/mol. The zero-order chi connectivity index (χ0) is 43.7. The third kappa shape index (κ3) is 46.7. The minimum absolute atomic E-state index is 0.0841. The van der Waals surface area contributed by atoms with Crippen LogP contribution < -0.4 is 0 Å². The molecule has 0 bridgehead atoms. The predicted octanol–water partition coefficient (Wildman–Crippen LogP) is 16.9. The second-order valence-electron chi connectivity index (χ2n) is 17.5. The van der Waals surface area contributed by atoms with Crippen molar-refractivity contribution in [2.24, 2.45) is 0 Å². The lowest BCUT2D eigenvalue weighted by Crippen LogP contribution is -2.30. The van der Waals surface area contributed by atoms with Gasteiger partial charge in [0.1, 0.15) is 13.2 Å². The molecule has 0 radical (unpaired) electrons. The molecule has 0 aromatic heterocycles. The van der Waals surface area contributed by atoms with Gasteiger partial charge in [0.15, 0.2) is 6.10 Å². The van der Waals surface area contributed by atoms with Crippen molar-refractivity contribution in [1.82, 2.24) is 0 Å². The number of carbonyl (C=O) groups excluding carboxylic acids is 3. The number of ether oxygens (including phenoxy) is 3. The number of hydrogen-bond acceptors (Lipinski definition) is 6. The fraction of sp³-hybridized carbons (Fsp3) is 0.833. The summed E-state index contributed by atoms with van der Waals surface area (Å²) in [5, 5.41) is 0. The van der Waals surface area contributed by atoms with Gasteiger partial charge in [-0.15, -0.1) is 0 Å². The maximum absolute atomic E-state index is 12.8. The van der Waals surface area contributed by atoms with Crippen LogP contribution in [0.3, 0.4) is 0 Å².